The lowest BCUT2D eigenvalue weighted by Gasteiger charge is -2.24. The highest BCUT2D eigenvalue weighted by Gasteiger charge is 2.31. The fraction of sp³-hybridized carbons (Fsp3) is 0.292. The number of carbonyl (C=O) groups excluding carboxylic acids is 2. The summed E-state index contributed by atoms with van der Waals surface area (Å²) in [5.74, 6) is 0.848. The zero-order valence-electron chi connectivity index (χ0n) is 17.7. The highest BCUT2D eigenvalue weighted by Crippen LogP contribution is 2.29. The van der Waals surface area contributed by atoms with Gasteiger partial charge in [0.25, 0.3) is 11.8 Å². The van der Waals surface area contributed by atoms with Crippen molar-refractivity contribution < 1.29 is 14.3 Å². The Hall–Kier alpha value is -3.61. The number of benzene rings is 2. The maximum Gasteiger partial charge on any atom is 0.268 e. The molecule has 0 radical (unpaired) electrons. The molecular weight excluding hydrogens is 392 g/mol. The zero-order chi connectivity index (χ0) is 21.8. The smallest absolute Gasteiger partial charge is 0.268 e. The third-order valence-electron chi connectivity index (χ3n) is 5.49. The van der Waals surface area contributed by atoms with Gasteiger partial charge in [0.05, 0.1) is 12.2 Å². The molecule has 2 aromatic rings. The summed E-state index contributed by atoms with van der Waals surface area (Å²) >= 11 is 0. The molecule has 160 valence electrons. The van der Waals surface area contributed by atoms with Gasteiger partial charge in [-0.25, -0.2) is 0 Å². The van der Waals surface area contributed by atoms with Gasteiger partial charge in [-0.15, -0.1) is 0 Å². The number of likely N-dealkylation sites (N-methyl/N-ethyl adjacent to an activating group) is 1. The van der Waals surface area contributed by atoms with Gasteiger partial charge in [0, 0.05) is 13.5 Å². The number of aryl methyl sites for hydroxylation is 1. The van der Waals surface area contributed by atoms with E-state index in [0.717, 1.165) is 17.8 Å². The average molecular weight is 418 g/mol. The van der Waals surface area contributed by atoms with E-state index >= 15 is 0 Å². The van der Waals surface area contributed by atoms with E-state index in [-0.39, 0.29) is 18.4 Å². The van der Waals surface area contributed by atoms with Crippen molar-refractivity contribution in [3.05, 3.63) is 71.4 Å². The van der Waals surface area contributed by atoms with Crippen molar-refractivity contribution in [1.29, 1.82) is 0 Å². The maximum atomic E-state index is 13.0. The molecular formula is C24H26N4O3. The molecule has 2 N–H and O–H groups in total. The largest absolute Gasteiger partial charge is 0.489 e. The van der Waals surface area contributed by atoms with Crippen LogP contribution < -0.4 is 20.3 Å². The van der Waals surface area contributed by atoms with Crippen molar-refractivity contribution >= 4 is 23.3 Å². The quantitative estimate of drug-likeness (QED) is 0.781. The van der Waals surface area contributed by atoms with Crippen molar-refractivity contribution in [2.24, 2.45) is 4.99 Å². The summed E-state index contributed by atoms with van der Waals surface area (Å²) in [5.41, 5.74) is 3.19. The van der Waals surface area contributed by atoms with Crippen LogP contribution in [-0.4, -0.2) is 43.9 Å². The van der Waals surface area contributed by atoms with Gasteiger partial charge in [-0.2, -0.15) is 0 Å². The molecule has 2 amide bonds. The molecule has 0 saturated carbocycles. The minimum atomic E-state index is -0.779. The number of hydrogen-bond donors (Lipinski definition) is 2. The van der Waals surface area contributed by atoms with E-state index in [1.807, 2.05) is 49.4 Å². The van der Waals surface area contributed by atoms with Crippen molar-refractivity contribution in [1.82, 2.24) is 10.6 Å². The van der Waals surface area contributed by atoms with E-state index in [1.165, 1.54) is 10.5 Å². The molecule has 31 heavy (non-hydrogen) atoms. The molecule has 0 spiro atoms. The summed E-state index contributed by atoms with van der Waals surface area (Å²) in [4.78, 5) is 32.0. The van der Waals surface area contributed by atoms with Gasteiger partial charge in [0.1, 0.15) is 29.9 Å². The van der Waals surface area contributed by atoms with E-state index in [2.05, 4.69) is 27.8 Å². The summed E-state index contributed by atoms with van der Waals surface area (Å²) in [6.07, 6.45) is 1.54. The van der Waals surface area contributed by atoms with Crippen molar-refractivity contribution in [3.63, 3.8) is 0 Å². The first-order valence-corrected chi connectivity index (χ1v) is 10.4. The average Bonchev–Trinajstić information content (AvgIpc) is 2.91. The molecule has 0 aromatic heterocycles. The Labute approximate surface area is 181 Å². The van der Waals surface area contributed by atoms with Crippen LogP contribution in [0.5, 0.6) is 5.75 Å². The number of hydrogen-bond acceptors (Lipinski definition) is 5. The maximum absolute atomic E-state index is 13.0. The number of aliphatic imine (C=N–C) groups is 1. The van der Waals surface area contributed by atoms with Gasteiger partial charge < -0.3 is 20.3 Å². The Balaban J connectivity index is 1.40. The minimum absolute atomic E-state index is 0.0766. The van der Waals surface area contributed by atoms with E-state index in [1.54, 1.807) is 7.05 Å². The number of rotatable bonds is 5. The number of ether oxygens (including phenoxy) is 1. The molecule has 7 nitrogen and oxygen atoms in total. The van der Waals surface area contributed by atoms with E-state index in [9.17, 15) is 9.59 Å². The summed E-state index contributed by atoms with van der Waals surface area (Å²) in [6.45, 7) is 2.40. The van der Waals surface area contributed by atoms with Gasteiger partial charge >= 0.3 is 0 Å². The van der Waals surface area contributed by atoms with Gasteiger partial charge in [-0.05, 0) is 36.6 Å². The molecule has 1 unspecified atom stereocenters. The predicted molar refractivity (Wildman–Crippen MR) is 120 cm³/mol. The van der Waals surface area contributed by atoms with Gasteiger partial charge in [-0.3, -0.25) is 14.6 Å². The Morgan fingerprint density at radius 1 is 1.16 bits per heavy atom. The molecule has 2 aliphatic heterocycles. The number of carbonyl (C=O) groups is 2. The Morgan fingerprint density at radius 3 is 2.71 bits per heavy atom. The first-order valence-electron chi connectivity index (χ1n) is 10.4. The molecule has 0 aliphatic carbocycles. The standard InChI is InChI=1S/C24H26N4O3/c1-16-14-25-21(13-12-17-8-4-3-5-9-17)27-22(16)23(29)26-18-15-31-20-11-7-6-10-19(20)28(2)24(18)30/h3-11,18H,12-15H2,1-2H3,(H,25,27)(H,26,29). The Morgan fingerprint density at radius 2 is 1.90 bits per heavy atom. The summed E-state index contributed by atoms with van der Waals surface area (Å²) in [7, 11) is 1.69. The fourth-order valence-electron chi connectivity index (χ4n) is 3.67. The summed E-state index contributed by atoms with van der Waals surface area (Å²) in [5, 5.41) is 6.01. The molecule has 2 aliphatic rings. The number of anilines is 1. The van der Waals surface area contributed by atoms with Crippen LogP contribution >= 0.6 is 0 Å². The van der Waals surface area contributed by atoms with Crippen LogP contribution in [0.4, 0.5) is 5.69 Å². The fourth-order valence-corrected chi connectivity index (χ4v) is 3.67. The normalized spacial score (nSPS) is 18.4. The summed E-state index contributed by atoms with van der Waals surface area (Å²) < 4.78 is 5.79. The number of nitrogens with zero attached hydrogens (tertiary/aromatic N) is 2. The third kappa shape index (κ3) is 4.60. The van der Waals surface area contributed by atoms with Crippen molar-refractivity contribution in [2.75, 3.05) is 25.1 Å². The number of amidine groups is 1. The highest BCUT2D eigenvalue weighted by atomic mass is 16.5. The predicted octanol–water partition coefficient (Wildman–Crippen LogP) is 2.44. The van der Waals surface area contributed by atoms with Gasteiger partial charge in [0.15, 0.2) is 0 Å². The van der Waals surface area contributed by atoms with Gasteiger partial charge in [-0.1, -0.05) is 42.5 Å². The molecule has 2 heterocycles. The van der Waals surface area contributed by atoms with Crippen LogP contribution in [0, 0.1) is 0 Å². The van der Waals surface area contributed by atoms with E-state index < -0.39 is 6.04 Å². The second-order valence-electron chi connectivity index (χ2n) is 7.73. The van der Waals surface area contributed by atoms with Crippen LogP contribution in [0.25, 0.3) is 0 Å². The van der Waals surface area contributed by atoms with E-state index in [0.29, 0.717) is 30.1 Å². The summed E-state index contributed by atoms with van der Waals surface area (Å²) in [6, 6.07) is 16.7. The lowest BCUT2D eigenvalue weighted by atomic mass is 10.1. The van der Waals surface area contributed by atoms with Crippen LogP contribution in [0.1, 0.15) is 18.9 Å². The number of nitrogens with one attached hydrogen (secondary N) is 2. The monoisotopic (exact) mass is 418 g/mol. The second kappa shape index (κ2) is 9.04. The van der Waals surface area contributed by atoms with Crippen LogP contribution in [0.3, 0.4) is 0 Å². The van der Waals surface area contributed by atoms with Crippen molar-refractivity contribution in [3.8, 4) is 5.75 Å². The molecule has 4 rings (SSSR count). The second-order valence-corrected chi connectivity index (χ2v) is 7.73. The minimum Gasteiger partial charge on any atom is -0.489 e. The lowest BCUT2D eigenvalue weighted by molar-refractivity contribution is -0.126. The lowest BCUT2D eigenvalue weighted by Crippen LogP contribution is -2.51. The topological polar surface area (TPSA) is 83.0 Å². The number of amides is 2. The first kappa shape index (κ1) is 20.7. The molecule has 0 fully saturated rings. The first-order chi connectivity index (χ1) is 15.0. The number of para-hydroxylation sites is 2. The molecule has 1 atom stereocenters. The molecule has 2 aromatic carbocycles. The third-order valence-corrected chi connectivity index (χ3v) is 5.49. The highest BCUT2D eigenvalue weighted by molar-refractivity contribution is 6.05. The van der Waals surface area contributed by atoms with Crippen molar-refractivity contribution in [2.45, 2.75) is 25.8 Å². The zero-order valence-corrected chi connectivity index (χ0v) is 17.7. The molecule has 7 heteroatoms. The molecule has 0 bridgehead atoms. The Bertz CT molecular complexity index is 1050. The van der Waals surface area contributed by atoms with Crippen LogP contribution in [0.2, 0.25) is 0 Å². The van der Waals surface area contributed by atoms with E-state index in [4.69, 9.17) is 4.74 Å². The Kier molecular flexibility index (Phi) is 6.02. The van der Waals surface area contributed by atoms with Crippen LogP contribution in [-0.2, 0) is 16.0 Å². The molecule has 0 saturated heterocycles. The van der Waals surface area contributed by atoms with Gasteiger partial charge in [0.2, 0.25) is 0 Å². The SMILES string of the molecule is CC1=C(C(=O)NC2COc3ccccc3N(C)C2=O)NC(CCc2ccccc2)=NC1. The number of fused-ring (bicyclic) bond motifs is 1. The van der Waals surface area contributed by atoms with Crippen LogP contribution in [0.15, 0.2) is 70.9 Å².